The number of Topliss-reactive ketones (excluding diaryl/α,β-unsaturated/α-hetero) is 1. The van der Waals surface area contributed by atoms with Crippen LogP contribution in [-0.4, -0.2) is 27.7 Å². The lowest BCUT2D eigenvalue weighted by Gasteiger charge is -2.32. The van der Waals surface area contributed by atoms with Gasteiger partial charge in [-0.25, -0.2) is 9.07 Å². The Kier molecular flexibility index (Phi) is 4.16. The minimum absolute atomic E-state index is 0.0630. The predicted molar refractivity (Wildman–Crippen MR) is 106 cm³/mol. The zero-order chi connectivity index (χ0) is 20.0. The lowest BCUT2D eigenvalue weighted by molar-refractivity contribution is -0.116. The first-order chi connectivity index (χ1) is 14.2. The fourth-order valence-electron chi connectivity index (χ4n) is 4.08. The van der Waals surface area contributed by atoms with Crippen LogP contribution < -0.4 is 10.1 Å². The third-order valence-corrected chi connectivity index (χ3v) is 5.38. The van der Waals surface area contributed by atoms with Crippen molar-refractivity contribution in [3.63, 3.8) is 0 Å². The molecule has 1 aliphatic heterocycles. The van der Waals surface area contributed by atoms with Gasteiger partial charge in [0.2, 0.25) is 5.95 Å². The number of nitrogens with one attached hydrogen (secondary N) is 1. The number of benzene rings is 2. The number of halogens is 1. The Hall–Kier alpha value is -3.48. The predicted octanol–water partition coefficient (Wildman–Crippen LogP) is 4.11. The number of ether oxygens (including phenoxy) is 1. The van der Waals surface area contributed by atoms with Crippen LogP contribution in [0.1, 0.15) is 30.9 Å². The van der Waals surface area contributed by atoms with Crippen LogP contribution in [0, 0.1) is 5.82 Å². The summed E-state index contributed by atoms with van der Waals surface area (Å²) in [6.45, 7) is 0. The van der Waals surface area contributed by atoms with Gasteiger partial charge in [0.15, 0.2) is 11.6 Å². The number of methoxy groups -OCH3 is 1. The minimum Gasteiger partial charge on any atom is -0.496 e. The van der Waals surface area contributed by atoms with Crippen LogP contribution in [0.3, 0.4) is 0 Å². The van der Waals surface area contributed by atoms with Gasteiger partial charge in [-0.15, -0.1) is 5.10 Å². The Bertz CT molecular complexity index is 1150. The van der Waals surface area contributed by atoms with E-state index in [1.807, 2.05) is 30.3 Å². The lowest BCUT2D eigenvalue weighted by atomic mass is 9.85. The second-order valence-electron chi connectivity index (χ2n) is 7.16. The molecular formula is C22H19FN4O2. The number of fused-ring (bicyclic) bond motifs is 1. The first-order valence-corrected chi connectivity index (χ1v) is 9.54. The molecule has 0 fully saturated rings. The summed E-state index contributed by atoms with van der Waals surface area (Å²) >= 11 is 0. The van der Waals surface area contributed by atoms with E-state index >= 15 is 0 Å². The maximum absolute atomic E-state index is 14.0. The van der Waals surface area contributed by atoms with E-state index < -0.39 is 6.04 Å². The summed E-state index contributed by atoms with van der Waals surface area (Å²) in [5.74, 6) is 1.39. The summed E-state index contributed by atoms with van der Waals surface area (Å²) in [6.07, 6.45) is 2.02. The minimum atomic E-state index is -0.513. The van der Waals surface area contributed by atoms with Crippen molar-refractivity contribution in [1.29, 1.82) is 0 Å². The van der Waals surface area contributed by atoms with E-state index in [2.05, 4.69) is 10.3 Å². The molecule has 1 aromatic heterocycles. The normalized spacial score (nSPS) is 18.1. The molecular weight excluding hydrogens is 371 g/mol. The quantitative estimate of drug-likeness (QED) is 0.729. The molecule has 1 N–H and O–H groups in total. The highest BCUT2D eigenvalue weighted by Gasteiger charge is 2.37. The van der Waals surface area contributed by atoms with Crippen LogP contribution >= 0.6 is 0 Å². The van der Waals surface area contributed by atoms with E-state index in [0.717, 1.165) is 24.1 Å². The molecule has 0 saturated carbocycles. The summed E-state index contributed by atoms with van der Waals surface area (Å²) in [4.78, 5) is 17.5. The van der Waals surface area contributed by atoms with Gasteiger partial charge < -0.3 is 10.1 Å². The standard InChI is InChI=1S/C22H19FN4O2/c1-29-18-11-3-2-8-15(18)21-25-22-24-16-9-5-10-17(28)19(16)20(27(22)26-21)13-6-4-7-14(23)12-13/h2-4,6-8,11-12,20H,5,9-10H2,1H3,(H,24,25,26). The van der Waals surface area contributed by atoms with Gasteiger partial charge in [0.05, 0.1) is 12.7 Å². The zero-order valence-electron chi connectivity index (χ0n) is 15.9. The number of anilines is 1. The second kappa shape index (κ2) is 6.84. The summed E-state index contributed by atoms with van der Waals surface area (Å²) in [6, 6.07) is 13.3. The second-order valence-corrected chi connectivity index (χ2v) is 7.16. The molecule has 5 rings (SSSR count). The van der Waals surface area contributed by atoms with Crippen molar-refractivity contribution in [2.45, 2.75) is 25.3 Å². The maximum atomic E-state index is 14.0. The van der Waals surface area contributed by atoms with Crippen molar-refractivity contribution < 1.29 is 13.9 Å². The molecule has 0 amide bonds. The van der Waals surface area contributed by atoms with Crippen molar-refractivity contribution >= 4 is 11.7 Å². The van der Waals surface area contributed by atoms with Crippen LogP contribution in [-0.2, 0) is 4.79 Å². The van der Waals surface area contributed by atoms with Crippen molar-refractivity contribution in [2.75, 3.05) is 12.4 Å². The molecule has 2 heterocycles. The van der Waals surface area contributed by atoms with Gasteiger partial charge in [-0.05, 0) is 42.7 Å². The number of rotatable bonds is 3. The Balaban J connectivity index is 1.70. The first kappa shape index (κ1) is 17.6. The summed E-state index contributed by atoms with van der Waals surface area (Å²) in [5.41, 5.74) is 2.92. The molecule has 0 spiro atoms. The Labute approximate surface area is 167 Å². The summed E-state index contributed by atoms with van der Waals surface area (Å²) < 4.78 is 21.1. The van der Waals surface area contributed by atoms with Gasteiger partial charge in [0, 0.05) is 17.7 Å². The van der Waals surface area contributed by atoms with E-state index in [1.165, 1.54) is 12.1 Å². The van der Waals surface area contributed by atoms with Crippen LogP contribution in [0.2, 0.25) is 0 Å². The number of carbonyl (C=O) groups is 1. The van der Waals surface area contributed by atoms with E-state index in [-0.39, 0.29) is 11.6 Å². The van der Waals surface area contributed by atoms with Gasteiger partial charge in [0.1, 0.15) is 17.6 Å². The molecule has 0 bridgehead atoms. The van der Waals surface area contributed by atoms with Crippen molar-refractivity contribution in [1.82, 2.24) is 14.8 Å². The van der Waals surface area contributed by atoms with E-state index in [9.17, 15) is 9.18 Å². The number of allylic oxidation sites excluding steroid dienone is 2. The van der Waals surface area contributed by atoms with E-state index in [0.29, 0.717) is 35.1 Å². The highest BCUT2D eigenvalue weighted by molar-refractivity contribution is 5.99. The molecule has 1 aliphatic carbocycles. The molecule has 1 atom stereocenters. The number of nitrogens with zero attached hydrogens (tertiary/aromatic N) is 3. The summed E-state index contributed by atoms with van der Waals surface area (Å²) in [5, 5.41) is 7.98. The number of aromatic nitrogens is 3. The smallest absolute Gasteiger partial charge is 0.226 e. The van der Waals surface area contributed by atoms with Crippen molar-refractivity contribution in [3.05, 3.63) is 71.2 Å². The molecule has 0 saturated heterocycles. The molecule has 146 valence electrons. The van der Waals surface area contributed by atoms with Crippen molar-refractivity contribution in [3.8, 4) is 17.1 Å². The lowest BCUT2D eigenvalue weighted by Crippen LogP contribution is -2.31. The van der Waals surface area contributed by atoms with Gasteiger partial charge in [0.25, 0.3) is 0 Å². The molecule has 6 nitrogen and oxygen atoms in total. The van der Waals surface area contributed by atoms with E-state index in [1.54, 1.807) is 17.9 Å². The highest BCUT2D eigenvalue weighted by atomic mass is 19.1. The number of ketones is 1. The molecule has 7 heteroatoms. The maximum Gasteiger partial charge on any atom is 0.226 e. The molecule has 2 aromatic carbocycles. The Morgan fingerprint density at radius 1 is 1.17 bits per heavy atom. The zero-order valence-corrected chi connectivity index (χ0v) is 15.9. The molecule has 2 aliphatic rings. The van der Waals surface area contributed by atoms with Gasteiger partial charge in [-0.3, -0.25) is 4.79 Å². The third kappa shape index (κ3) is 2.90. The average molecular weight is 390 g/mol. The number of hydrogen-bond donors (Lipinski definition) is 1. The fraction of sp³-hybridized carbons (Fsp3) is 0.227. The Morgan fingerprint density at radius 3 is 2.86 bits per heavy atom. The molecule has 1 unspecified atom stereocenters. The number of hydrogen-bond acceptors (Lipinski definition) is 5. The van der Waals surface area contributed by atoms with Gasteiger partial charge in [-0.1, -0.05) is 24.3 Å². The largest absolute Gasteiger partial charge is 0.496 e. The fourth-order valence-corrected chi connectivity index (χ4v) is 4.08. The van der Waals surface area contributed by atoms with Crippen LogP contribution in [0.15, 0.2) is 59.8 Å². The van der Waals surface area contributed by atoms with Gasteiger partial charge >= 0.3 is 0 Å². The van der Waals surface area contributed by atoms with Gasteiger partial charge in [-0.2, -0.15) is 4.98 Å². The third-order valence-electron chi connectivity index (χ3n) is 5.38. The topological polar surface area (TPSA) is 69.0 Å². The Morgan fingerprint density at radius 2 is 2.03 bits per heavy atom. The average Bonchev–Trinajstić information content (AvgIpc) is 3.16. The number of para-hydroxylation sites is 1. The SMILES string of the molecule is COc1ccccc1-c1nc2n(n1)C(c1cccc(F)c1)C1=C(CCCC1=O)N2. The molecule has 29 heavy (non-hydrogen) atoms. The van der Waals surface area contributed by atoms with E-state index in [4.69, 9.17) is 9.84 Å². The monoisotopic (exact) mass is 390 g/mol. The first-order valence-electron chi connectivity index (χ1n) is 9.54. The van der Waals surface area contributed by atoms with Crippen LogP contribution in [0.5, 0.6) is 5.75 Å². The van der Waals surface area contributed by atoms with Crippen LogP contribution in [0.25, 0.3) is 11.4 Å². The molecule has 3 aromatic rings. The summed E-state index contributed by atoms with van der Waals surface area (Å²) in [7, 11) is 1.60. The molecule has 0 radical (unpaired) electrons. The van der Waals surface area contributed by atoms with Crippen molar-refractivity contribution in [2.24, 2.45) is 0 Å². The number of carbonyl (C=O) groups excluding carboxylic acids is 1. The van der Waals surface area contributed by atoms with Crippen LogP contribution in [0.4, 0.5) is 10.3 Å². The highest BCUT2D eigenvalue weighted by Crippen LogP contribution is 2.41.